The Hall–Kier alpha value is -1.71. The summed E-state index contributed by atoms with van der Waals surface area (Å²) in [6.45, 7) is 8.94. The lowest BCUT2D eigenvalue weighted by molar-refractivity contribution is -0.0557. The summed E-state index contributed by atoms with van der Waals surface area (Å²) in [5.41, 5.74) is 5.60. The van der Waals surface area contributed by atoms with Crippen LogP contribution in [0.5, 0.6) is 5.75 Å². The van der Waals surface area contributed by atoms with Crippen molar-refractivity contribution in [2.75, 3.05) is 13.3 Å². The van der Waals surface area contributed by atoms with Crippen LogP contribution in [0.1, 0.15) is 51.0 Å². The largest absolute Gasteiger partial charge is 0.489 e. The van der Waals surface area contributed by atoms with E-state index in [9.17, 15) is 13.2 Å². The molecule has 0 saturated carbocycles. The maximum atomic E-state index is 11.0. The first kappa shape index (κ1) is 22.3. The number of nitrogens with zero attached hydrogens (tertiary/aromatic N) is 2. The topological polar surface area (TPSA) is 123 Å². The highest BCUT2D eigenvalue weighted by Gasteiger charge is 2.43. The maximum absolute atomic E-state index is 11.0. The molecule has 2 rings (SSSR count). The van der Waals surface area contributed by atoms with Crippen molar-refractivity contribution in [3.63, 3.8) is 0 Å². The summed E-state index contributed by atoms with van der Waals surface area (Å²) in [7, 11) is -1.50. The number of nitrogens with two attached hydrogens (primary N) is 1. The van der Waals surface area contributed by atoms with Gasteiger partial charge in [-0.2, -0.15) is 8.42 Å². The second kappa shape index (κ2) is 7.89. The fourth-order valence-corrected chi connectivity index (χ4v) is 3.15. The van der Waals surface area contributed by atoms with E-state index in [1.807, 2.05) is 0 Å². The van der Waals surface area contributed by atoms with Gasteiger partial charge in [0, 0.05) is 23.9 Å². The van der Waals surface area contributed by atoms with Crippen LogP contribution >= 0.6 is 0 Å². The van der Waals surface area contributed by atoms with Crippen molar-refractivity contribution in [3.8, 4) is 5.75 Å². The van der Waals surface area contributed by atoms with E-state index in [1.165, 1.54) is 0 Å². The van der Waals surface area contributed by atoms with Gasteiger partial charge in [0.2, 0.25) is 0 Å². The number of rotatable bonds is 3. The van der Waals surface area contributed by atoms with Gasteiger partial charge in [0.25, 0.3) is 16.0 Å². The summed E-state index contributed by atoms with van der Waals surface area (Å²) < 4.78 is 31.9. The molecule has 0 radical (unpaired) electrons. The second-order valence-electron chi connectivity index (χ2n) is 7.81. The molecule has 1 aliphatic heterocycles. The summed E-state index contributed by atoms with van der Waals surface area (Å²) in [5, 5.41) is 0. The van der Waals surface area contributed by atoms with Crippen molar-refractivity contribution >= 4 is 16.0 Å². The predicted molar refractivity (Wildman–Crippen MR) is 99.8 cm³/mol. The molecule has 1 amide bonds. The Kier molecular flexibility index (Phi) is 6.78. The minimum absolute atomic E-state index is 0.0764. The van der Waals surface area contributed by atoms with Gasteiger partial charge >= 0.3 is 0 Å². The third-order valence-electron chi connectivity index (χ3n) is 4.56. The molecule has 26 heavy (non-hydrogen) atoms. The van der Waals surface area contributed by atoms with Crippen molar-refractivity contribution in [2.45, 2.75) is 57.7 Å². The molecule has 0 spiro atoms. The fraction of sp³-hybridized carbons (Fsp3) is 0.647. The van der Waals surface area contributed by atoms with E-state index in [0.717, 1.165) is 12.8 Å². The molecule has 1 saturated heterocycles. The Morgan fingerprint density at radius 1 is 1.27 bits per heavy atom. The average Bonchev–Trinajstić information content (AvgIpc) is 2.43. The third kappa shape index (κ3) is 6.89. The highest BCUT2D eigenvalue weighted by molar-refractivity contribution is 7.85. The van der Waals surface area contributed by atoms with Crippen LogP contribution in [0.4, 0.5) is 0 Å². The van der Waals surface area contributed by atoms with Gasteiger partial charge in [-0.05, 0) is 46.9 Å². The average molecular weight is 388 g/mol. The van der Waals surface area contributed by atoms with E-state index in [-0.39, 0.29) is 22.9 Å². The molecule has 9 heteroatoms. The summed E-state index contributed by atoms with van der Waals surface area (Å²) in [6.07, 6.45) is 4.31. The van der Waals surface area contributed by atoms with Gasteiger partial charge < -0.3 is 10.5 Å². The van der Waals surface area contributed by atoms with Crippen molar-refractivity contribution < 1.29 is 22.5 Å². The predicted octanol–water partition coefficient (Wildman–Crippen LogP) is 1.71. The zero-order valence-corrected chi connectivity index (χ0v) is 17.0. The third-order valence-corrected chi connectivity index (χ3v) is 4.56. The van der Waals surface area contributed by atoms with Gasteiger partial charge in [0.15, 0.2) is 0 Å². The molecule has 0 aromatic carbocycles. The number of likely N-dealkylation sites (tertiary alicyclic amines) is 1. The normalized spacial score (nSPS) is 20.0. The molecule has 1 aromatic heterocycles. The lowest BCUT2D eigenvalue weighted by Crippen LogP contribution is -2.60. The standard InChI is InChI=1S/C16H25N3O2.CH4O3S/c1-15(2)8-12(9-16(3,4)19(15)5)21-11-6-7-13(14(17)20)18-10-11;1-5(2,3)4/h6-7,10,12H,8-9H2,1-5H3,(H2,17,20);1H3,(H,2,3,4). The maximum Gasteiger partial charge on any atom is 0.267 e. The van der Waals surface area contributed by atoms with E-state index in [2.05, 4.69) is 44.6 Å². The number of carbonyl (C=O) groups is 1. The van der Waals surface area contributed by atoms with Gasteiger partial charge in [-0.25, -0.2) is 4.98 Å². The Morgan fingerprint density at radius 3 is 2.08 bits per heavy atom. The summed E-state index contributed by atoms with van der Waals surface area (Å²) in [5.74, 6) is 0.157. The minimum Gasteiger partial charge on any atom is -0.489 e. The van der Waals surface area contributed by atoms with Crippen LogP contribution in [0.3, 0.4) is 0 Å². The van der Waals surface area contributed by atoms with E-state index >= 15 is 0 Å². The molecule has 1 aromatic rings. The zero-order chi connectivity index (χ0) is 20.3. The molecule has 0 aliphatic carbocycles. The highest BCUT2D eigenvalue weighted by atomic mass is 32.2. The molecular weight excluding hydrogens is 358 g/mol. The van der Waals surface area contributed by atoms with Crippen LogP contribution in [0.15, 0.2) is 18.3 Å². The lowest BCUT2D eigenvalue weighted by Gasteiger charge is -2.53. The molecule has 0 atom stereocenters. The number of amides is 1. The molecule has 148 valence electrons. The van der Waals surface area contributed by atoms with Crippen LogP contribution in [-0.2, 0) is 10.1 Å². The Balaban J connectivity index is 0.000000597. The Labute approximate surface area is 155 Å². The van der Waals surface area contributed by atoms with Crippen molar-refractivity contribution in [1.29, 1.82) is 0 Å². The van der Waals surface area contributed by atoms with Crippen molar-refractivity contribution in [3.05, 3.63) is 24.0 Å². The number of piperidine rings is 1. The number of carbonyl (C=O) groups excluding carboxylic acids is 1. The molecule has 1 aliphatic rings. The van der Waals surface area contributed by atoms with E-state index in [4.69, 9.17) is 15.0 Å². The van der Waals surface area contributed by atoms with E-state index < -0.39 is 16.0 Å². The minimum atomic E-state index is -3.67. The number of aromatic nitrogens is 1. The highest BCUT2D eigenvalue weighted by Crippen LogP contribution is 2.38. The first-order valence-corrected chi connectivity index (χ1v) is 10.1. The smallest absolute Gasteiger partial charge is 0.267 e. The molecule has 2 heterocycles. The van der Waals surface area contributed by atoms with Gasteiger partial charge in [-0.3, -0.25) is 14.2 Å². The Morgan fingerprint density at radius 2 is 1.73 bits per heavy atom. The van der Waals surface area contributed by atoms with Crippen molar-refractivity contribution in [1.82, 2.24) is 9.88 Å². The van der Waals surface area contributed by atoms with Crippen LogP contribution in [-0.4, -0.2) is 59.2 Å². The van der Waals surface area contributed by atoms with E-state index in [1.54, 1.807) is 18.3 Å². The van der Waals surface area contributed by atoms with Gasteiger partial charge in [0.05, 0.1) is 12.5 Å². The monoisotopic (exact) mass is 387 g/mol. The first-order valence-electron chi connectivity index (χ1n) is 8.21. The molecule has 1 fully saturated rings. The Bertz CT molecular complexity index is 703. The van der Waals surface area contributed by atoms with Gasteiger partial charge in [0.1, 0.15) is 17.5 Å². The lowest BCUT2D eigenvalue weighted by atomic mass is 9.79. The van der Waals surface area contributed by atoms with Gasteiger partial charge in [-0.15, -0.1) is 0 Å². The van der Waals surface area contributed by atoms with Gasteiger partial charge in [-0.1, -0.05) is 0 Å². The number of pyridine rings is 1. The number of primary amides is 1. The molecule has 3 N–H and O–H groups in total. The second-order valence-corrected chi connectivity index (χ2v) is 9.27. The summed E-state index contributed by atoms with van der Waals surface area (Å²) >= 11 is 0. The van der Waals surface area contributed by atoms with Crippen LogP contribution in [0.25, 0.3) is 0 Å². The summed E-state index contributed by atoms with van der Waals surface area (Å²) in [4.78, 5) is 17.5. The number of hydrogen-bond donors (Lipinski definition) is 2. The quantitative estimate of drug-likeness (QED) is 0.757. The number of ether oxygens (including phenoxy) is 1. The zero-order valence-electron chi connectivity index (χ0n) is 16.2. The van der Waals surface area contributed by atoms with E-state index in [0.29, 0.717) is 12.0 Å². The van der Waals surface area contributed by atoms with Crippen LogP contribution < -0.4 is 10.5 Å². The molecule has 8 nitrogen and oxygen atoms in total. The fourth-order valence-electron chi connectivity index (χ4n) is 3.15. The van der Waals surface area contributed by atoms with Crippen molar-refractivity contribution in [2.24, 2.45) is 5.73 Å². The number of hydrogen-bond acceptors (Lipinski definition) is 6. The molecular formula is C17H29N3O5S. The molecule has 0 bridgehead atoms. The van der Waals surface area contributed by atoms with Crippen LogP contribution in [0.2, 0.25) is 0 Å². The SMILES string of the molecule is CN1C(C)(C)CC(Oc2ccc(C(N)=O)nc2)CC1(C)C.CS(=O)(=O)O. The summed E-state index contributed by atoms with van der Waals surface area (Å²) in [6, 6.07) is 3.36. The first-order chi connectivity index (χ1) is 11.6. The molecule has 0 unspecified atom stereocenters. The van der Waals surface area contributed by atoms with Crippen LogP contribution in [0, 0.1) is 0 Å².